The summed E-state index contributed by atoms with van der Waals surface area (Å²) in [6.45, 7) is 3.34. The summed E-state index contributed by atoms with van der Waals surface area (Å²) in [6, 6.07) is 7.13. The summed E-state index contributed by atoms with van der Waals surface area (Å²) in [5, 5.41) is 39.0. The maximum atomic E-state index is 10.00. The van der Waals surface area contributed by atoms with Crippen molar-refractivity contribution in [3.8, 4) is 34.1 Å². The minimum atomic E-state index is -0.623. The largest absolute Gasteiger partial charge is 0.507 e. The fraction of sp³-hybridized carbons (Fsp3) is 0.143. The molecule has 2 rings (SSSR count). The number of phenols is 4. The molecule has 4 nitrogen and oxygen atoms in total. The van der Waals surface area contributed by atoms with Crippen LogP contribution in [0.25, 0.3) is 11.1 Å². The highest BCUT2D eigenvalue weighted by atomic mass is 16.3. The van der Waals surface area contributed by atoms with E-state index >= 15 is 0 Å². The summed E-state index contributed by atoms with van der Waals surface area (Å²) in [7, 11) is 0. The zero-order valence-electron chi connectivity index (χ0n) is 10.1. The molecule has 0 atom stereocenters. The van der Waals surface area contributed by atoms with Gasteiger partial charge in [-0.15, -0.1) is 0 Å². The van der Waals surface area contributed by atoms with Crippen LogP contribution in [0.4, 0.5) is 0 Å². The molecule has 0 spiro atoms. The van der Waals surface area contributed by atoms with Crippen LogP contribution in [0.15, 0.2) is 24.3 Å². The Balaban J connectivity index is 2.80. The first kappa shape index (κ1) is 12.1. The Labute approximate surface area is 104 Å². The molecule has 94 valence electrons. The van der Waals surface area contributed by atoms with Gasteiger partial charge in [0.15, 0.2) is 11.5 Å². The molecule has 2 aromatic carbocycles. The molecule has 0 aliphatic heterocycles. The Hall–Kier alpha value is -2.36. The van der Waals surface area contributed by atoms with Crippen LogP contribution >= 0.6 is 0 Å². The predicted octanol–water partition coefficient (Wildman–Crippen LogP) is 2.79. The van der Waals surface area contributed by atoms with Crippen molar-refractivity contribution >= 4 is 0 Å². The van der Waals surface area contributed by atoms with Gasteiger partial charge < -0.3 is 20.4 Å². The molecule has 0 aliphatic rings. The number of rotatable bonds is 1. The van der Waals surface area contributed by atoms with Gasteiger partial charge >= 0.3 is 0 Å². The molecule has 0 fully saturated rings. The van der Waals surface area contributed by atoms with Gasteiger partial charge in [0.1, 0.15) is 5.75 Å². The van der Waals surface area contributed by atoms with E-state index < -0.39 is 17.2 Å². The summed E-state index contributed by atoms with van der Waals surface area (Å²) in [4.78, 5) is 0. The molecule has 18 heavy (non-hydrogen) atoms. The average molecular weight is 246 g/mol. The third kappa shape index (κ3) is 1.72. The Morgan fingerprint density at radius 2 is 1.44 bits per heavy atom. The van der Waals surface area contributed by atoms with Crippen LogP contribution in [0.5, 0.6) is 23.0 Å². The monoisotopic (exact) mass is 246 g/mol. The van der Waals surface area contributed by atoms with Crippen molar-refractivity contribution in [2.45, 2.75) is 13.8 Å². The highest BCUT2D eigenvalue weighted by molar-refractivity contribution is 5.83. The summed E-state index contributed by atoms with van der Waals surface area (Å²) >= 11 is 0. The number of hydrogen-bond acceptors (Lipinski definition) is 4. The van der Waals surface area contributed by atoms with E-state index in [4.69, 9.17) is 0 Å². The molecule has 0 saturated heterocycles. The van der Waals surface area contributed by atoms with Gasteiger partial charge in [0.05, 0.1) is 5.56 Å². The summed E-state index contributed by atoms with van der Waals surface area (Å²) in [5.74, 6) is -1.90. The topological polar surface area (TPSA) is 80.9 Å². The number of aryl methyl sites for hydroxylation is 1. The van der Waals surface area contributed by atoms with Crippen molar-refractivity contribution in [1.29, 1.82) is 0 Å². The Morgan fingerprint density at radius 3 is 2.06 bits per heavy atom. The molecular weight excluding hydrogens is 232 g/mol. The van der Waals surface area contributed by atoms with Crippen molar-refractivity contribution in [3.63, 3.8) is 0 Å². The molecule has 0 saturated carbocycles. The normalized spacial score (nSPS) is 10.6. The Kier molecular flexibility index (Phi) is 2.79. The van der Waals surface area contributed by atoms with E-state index in [0.717, 1.165) is 5.56 Å². The summed E-state index contributed by atoms with van der Waals surface area (Å²) in [6.07, 6.45) is 0. The number of phenolic OH excluding ortho intramolecular Hbond substituents is 4. The number of benzene rings is 2. The summed E-state index contributed by atoms with van der Waals surface area (Å²) < 4.78 is 0. The first-order valence-corrected chi connectivity index (χ1v) is 5.47. The van der Waals surface area contributed by atoms with Gasteiger partial charge in [-0.2, -0.15) is 0 Å². The van der Waals surface area contributed by atoms with Gasteiger partial charge in [-0.25, -0.2) is 0 Å². The maximum Gasteiger partial charge on any atom is 0.201 e. The van der Waals surface area contributed by atoms with Crippen molar-refractivity contribution < 1.29 is 20.4 Å². The lowest BCUT2D eigenvalue weighted by Crippen LogP contribution is -1.87. The van der Waals surface area contributed by atoms with E-state index in [1.165, 1.54) is 6.92 Å². The average Bonchev–Trinajstić information content (AvgIpc) is 2.34. The second-order valence-electron chi connectivity index (χ2n) is 4.26. The molecule has 0 bridgehead atoms. The Morgan fingerprint density at radius 1 is 0.778 bits per heavy atom. The molecule has 4 heteroatoms. The smallest absolute Gasteiger partial charge is 0.201 e. The maximum absolute atomic E-state index is 10.00. The number of hydrogen-bond donors (Lipinski definition) is 4. The van der Waals surface area contributed by atoms with E-state index in [0.29, 0.717) is 5.56 Å². The van der Waals surface area contributed by atoms with Crippen molar-refractivity contribution in [2.24, 2.45) is 0 Å². The standard InChI is InChI=1S/C14H14O4/c1-7-4-3-5-9(6-7)10-11(15)8(2)12(16)14(18)13(10)17/h3-6,15-18H,1-2H3. The molecular formula is C14H14O4. The second kappa shape index (κ2) is 4.14. The minimum absolute atomic E-state index is 0.117. The zero-order valence-corrected chi connectivity index (χ0v) is 10.1. The van der Waals surface area contributed by atoms with E-state index in [1.54, 1.807) is 18.2 Å². The number of aromatic hydroxyl groups is 4. The molecule has 0 aliphatic carbocycles. The minimum Gasteiger partial charge on any atom is -0.507 e. The highest BCUT2D eigenvalue weighted by Gasteiger charge is 2.21. The van der Waals surface area contributed by atoms with E-state index in [2.05, 4.69) is 0 Å². The van der Waals surface area contributed by atoms with Crippen molar-refractivity contribution in [3.05, 3.63) is 35.4 Å². The van der Waals surface area contributed by atoms with Gasteiger partial charge in [0.2, 0.25) is 5.75 Å². The molecule has 4 N–H and O–H groups in total. The lowest BCUT2D eigenvalue weighted by molar-refractivity contribution is 0.360. The van der Waals surface area contributed by atoms with Crippen LogP contribution in [-0.2, 0) is 0 Å². The van der Waals surface area contributed by atoms with Crippen molar-refractivity contribution in [1.82, 2.24) is 0 Å². The van der Waals surface area contributed by atoms with E-state index in [9.17, 15) is 20.4 Å². The summed E-state index contributed by atoms with van der Waals surface area (Å²) in [5.41, 5.74) is 1.77. The fourth-order valence-corrected chi connectivity index (χ4v) is 1.89. The SMILES string of the molecule is Cc1cccc(-c2c(O)c(C)c(O)c(O)c2O)c1. The third-order valence-electron chi connectivity index (χ3n) is 2.94. The van der Waals surface area contributed by atoms with Gasteiger partial charge in [-0.3, -0.25) is 0 Å². The first-order valence-electron chi connectivity index (χ1n) is 5.47. The molecule has 0 aromatic heterocycles. The van der Waals surface area contributed by atoms with Gasteiger partial charge in [0.25, 0.3) is 0 Å². The third-order valence-corrected chi connectivity index (χ3v) is 2.94. The van der Waals surface area contributed by atoms with Gasteiger partial charge in [0, 0.05) is 5.56 Å². The Bertz CT molecular complexity index is 588. The quantitative estimate of drug-likeness (QED) is 0.460. The van der Waals surface area contributed by atoms with Crippen LogP contribution in [0.2, 0.25) is 0 Å². The molecule has 0 unspecified atom stereocenters. The first-order chi connectivity index (χ1) is 8.43. The lowest BCUT2D eigenvalue weighted by atomic mass is 9.98. The lowest BCUT2D eigenvalue weighted by Gasteiger charge is -2.13. The second-order valence-corrected chi connectivity index (χ2v) is 4.26. The van der Waals surface area contributed by atoms with E-state index in [1.807, 2.05) is 13.0 Å². The van der Waals surface area contributed by atoms with E-state index in [-0.39, 0.29) is 16.9 Å². The van der Waals surface area contributed by atoms with Crippen LogP contribution in [0.1, 0.15) is 11.1 Å². The fourth-order valence-electron chi connectivity index (χ4n) is 1.89. The molecule has 2 aromatic rings. The van der Waals surface area contributed by atoms with Crippen LogP contribution in [-0.4, -0.2) is 20.4 Å². The van der Waals surface area contributed by atoms with Crippen LogP contribution < -0.4 is 0 Å². The van der Waals surface area contributed by atoms with Crippen molar-refractivity contribution in [2.75, 3.05) is 0 Å². The molecule has 0 amide bonds. The molecule has 0 heterocycles. The van der Waals surface area contributed by atoms with Gasteiger partial charge in [-0.1, -0.05) is 29.8 Å². The van der Waals surface area contributed by atoms with Crippen LogP contribution in [0.3, 0.4) is 0 Å². The van der Waals surface area contributed by atoms with Crippen LogP contribution in [0, 0.1) is 13.8 Å². The zero-order chi connectivity index (χ0) is 13.4. The predicted molar refractivity (Wildman–Crippen MR) is 68.0 cm³/mol. The van der Waals surface area contributed by atoms with Gasteiger partial charge in [-0.05, 0) is 19.4 Å². The molecule has 0 radical (unpaired) electrons. The highest BCUT2D eigenvalue weighted by Crippen LogP contribution is 2.50.